The van der Waals surface area contributed by atoms with Crippen molar-refractivity contribution >= 4 is 0 Å². The van der Waals surface area contributed by atoms with Crippen LogP contribution in [0.4, 0.5) is 0 Å². The molecule has 0 aliphatic rings. The lowest BCUT2D eigenvalue weighted by Gasteiger charge is -2.11. The summed E-state index contributed by atoms with van der Waals surface area (Å²) in [5, 5.41) is 4.23. The molecule has 0 amide bonds. The van der Waals surface area contributed by atoms with Gasteiger partial charge in [-0.2, -0.15) is 5.10 Å². The maximum atomic E-state index is 5.78. The molecule has 6 heteroatoms. The van der Waals surface area contributed by atoms with Gasteiger partial charge in [0.25, 0.3) is 0 Å². The van der Waals surface area contributed by atoms with Crippen LogP contribution in [0.5, 0.6) is 11.6 Å². The Hall–Kier alpha value is -1.95. The van der Waals surface area contributed by atoms with Gasteiger partial charge in [0.15, 0.2) is 5.75 Å². The first-order valence-electron chi connectivity index (χ1n) is 6.25. The molecule has 2 N–H and O–H groups in total. The molecule has 0 aliphatic heterocycles. The Kier molecular flexibility index (Phi) is 3.80. The van der Waals surface area contributed by atoms with E-state index in [-0.39, 0.29) is 5.92 Å². The summed E-state index contributed by atoms with van der Waals surface area (Å²) in [6.07, 6.45) is 1.67. The normalized spacial score (nSPS) is 11.1. The van der Waals surface area contributed by atoms with Crippen LogP contribution in [-0.4, -0.2) is 19.7 Å². The average Bonchev–Trinajstić information content (AvgIpc) is 2.68. The Bertz CT molecular complexity index is 576. The van der Waals surface area contributed by atoms with Crippen LogP contribution in [0, 0.1) is 6.92 Å². The van der Waals surface area contributed by atoms with Crippen LogP contribution >= 0.6 is 0 Å². The van der Waals surface area contributed by atoms with Gasteiger partial charge in [0, 0.05) is 25.6 Å². The van der Waals surface area contributed by atoms with Gasteiger partial charge in [0.2, 0.25) is 5.88 Å². The van der Waals surface area contributed by atoms with Gasteiger partial charge in [-0.05, 0) is 6.92 Å². The molecule has 0 atom stereocenters. The molecule has 0 saturated carbocycles. The lowest BCUT2D eigenvalue weighted by atomic mass is 10.2. The molecule has 0 radical (unpaired) electrons. The summed E-state index contributed by atoms with van der Waals surface area (Å²) in [5.41, 5.74) is 7.32. The van der Waals surface area contributed by atoms with Crippen molar-refractivity contribution in [1.29, 1.82) is 0 Å². The van der Waals surface area contributed by atoms with Crippen molar-refractivity contribution < 1.29 is 4.74 Å². The fourth-order valence-corrected chi connectivity index (χ4v) is 1.73. The van der Waals surface area contributed by atoms with Gasteiger partial charge in [-0.1, -0.05) is 13.8 Å². The third kappa shape index (κ3) is 2.90. The quantitative estimate of drug-likeness (QED) is 0.909. The summed E-state index contributed by atoms with van der Waals surface area (Å²) in [7, 11) is 1.83. The van der Waals surface area contributed by atoms with Crippen LogP contribution in [-0.2, 0) is 13.6 Å². The molecule has 2 aromatic heterocycles. The molecule has 102 valence electrons. The number of nitrogens with two attached hydrogens (primary N) is 1. The Morgan fingerprint density at radius 3 is 2.68 bits per heavy atom. The summed E-state index contributed by atoms with van der Waals surface area (Å²) >= 11 is 0. The molecule has 2 heterocycles. The highest BCUT2D eigenvalue weighted by Gasteiger charge is 2.12. The number of aryl methyl sites for hydroxylation is 2. The van der Waals surface area contributed by atoms with Crippen LogP contribution in [0.15, 0.2) is 12.3 Å². The fraction of sp³-hybridized carbons (Fsp3) is 0.462. The molecule has 2 aromatic rings. The summed E-state index contributed by atoms with van der Waals surface area (Å²) in [6, 6.07) is 1.86. The third-order valence-electron chi connectivity index (χ3n) is 2.73. The van der Waals surface area contributed by atoms with E-state index in [2.05, 4.69) is 15.1 Å². The zero-order chi connectivity index (χ0) is 14.0. The van der Waals surface area contributed by atoms with Crippen molar-refractivity contribution in [3.8, 4) is 11.6 Å². The highest BCUT2D eigenvalue weighted by molar-refractivity contribution is 5.30. The van der Waals surface area contributed by atoms with E-state index in [1.54, 1.807) is 10.9 Å². The SMILES string of the molecule is Cc1cc(Oc2cnc(C(C)C)nc2CN)n(C)n1. The second-order valence-electron chi connectivity index (χ2n) is 4.75. The molecular weight excluding hydrogens is 242 g/mol. The van der Waals surface area contributed by atoms with E-state index in [4.69, 9.17) is 10.5 Å². The topological polar surface area (TPSA) is 78.9 Å². The van der Waals surface area contributed by atoms with Crippen molar-refractivity contribution in [2.75, 3.05) is 0 Å². The van der Waals surface area contributed by atoms with Crippen molar-refractivity contribution in [2.24, 2.45) is 12.8 Å². The Morgan fingerprint density at radius 1 is 1.42 bits per heavy atom. The van der Waals surface area contributed by atoms with E-state index >= 15 is 0 Å². The van der Waals surface area contributed by atoms with Gasteiger partial charge >= 0.3 is 0 Å². The van der Waals surface area contributed by atoms with Crippen LogP contribution < -0.4 is 10.5 Å². The molecule has 0 aliphatic carbocycles. The van der Waals surface area contributed by atoms with E-state index in [0.717, 1.165) is 11.5 Å². The summed E-state index contributed by atoms with van der Waals surface area (Å²) in [4.78, 5) is 8.73. The van der Waals surface area contributed by atoms with Crippen LogP contribution in [0.1, 0.15) is 37.0 Å². The zero-order valence-corrected chi connectivity index (χ0v) is 11.7. The number of rotatable bonds is 4. The van der Waals surface area contributed by atoms with Crippen molar-refractivity contribution in [2.45, 2.75) is 33.2 Å². The number of hydrogen-bond donors (Lipinski definition) is 1. The Morgan fingerprint density at radius 2 is 2.16 bits per heavy atom. The van der Waals surface area contributed by atoms with Gasteiger partial charge in [-0.15, -0.1) is 0 Å². The smallest absolute Gasteiger partial charge is 0.217 e. The number of ether oxygens (including phenoxy) is 1. The summed E-state index contributed by atoms with van der Waals surface area (Å²) in [5.74, 6) is 2.26. The lowest BCUT2D eigenvalue weighted by Crippen LogP contribution is -2.08. The molecule has 0 bridgehead atoms. The van der Waals surface area contributed by atoms with Gasteiger partial charge in [-0.3, -0.25) is 0 Å². The fourth-order valence-electron chi connectivity index (χ4n) is 1.73. The average molecular weight is 261 g/mol. The first kappa shape index (κ1) is 13.5. The predicted molar refractivity (Wildman–Crippen MR) is 72.0 cm³/mol. The maximum absolute atomic E-state index is 5.78. The third-order valence-corrected chi connectivity index (χ3v) is 2.73. The van der Waals surface area contributed by atoms with Gasteiger partial charge in [0.1, 0.15) is 11.5 Å². The summed E-state index contributed by atoms with van der Waals surface area (Å²) in [6.45, 7) is 6.31. The number of nitrogens with zero attached hydrogens (tertiary/aromatic N) is 4. The van der Waals surface area contributed by atoms with Crippen molar-refractivity contribution in [3.63, 3.8) is 0 Å². The molecule has 0 spiro atoms. The van der Waals surface area contributed by atoms with Gasteiger partial charge in [-0.25, -0.2) is 14.6 Å². The van der Waals surface area contributed by atoms with Crippen molar-refractivity contribution in [3.05, 3.63) is 29.5 Å². The maximum Gasteiger partial charge on any atom is 0.217 e. The Labute approximate surface area is 112 Å². The second kappa shape index (κ2) is 5.36. The summed E-state index contributed by atoms with van der Waals surface area (Å²) < 4.78 is 7.45. The minimum atomic E-state index is 0.262. The monoisotopic (exact) mass is 261 g/mol. The van der Waals surface area contributed by atoms with Crippen LogP contribution in [0.3, 0.4) is 0 Å². The zero-order valence-electron chi connectivity index (χ0n) is 11.7. The van der Waals surface area contributed by atoms with Gasteiger partial charge in [0.05, 0.1) is 11.9 Å². The molecule has 0 saturated heterocycles. The van der Waals surface area contributed by atoms with E-state index in [0.29, 0.717) is 23.9 Å². The van der Waals surface area contributed by atoms with Crippen molar-refractivity contribution in [1.82, 2.24) is 19.7 Å². The predicted octanol–water partition coefficient (Wildman–Crippen LogP) is 1.89. The molecular formula is C13H19N5O. The lowest BCUT2D eigenvalue weighted by molar-refractivity contribution is 0.420. The molecule has 0 fully saturated rings. The number of hydrogen-bond acceptors (Lipinski definition) is 5. The van der Waals surface area contributed by atoms with E-state index in [1.807, 2.05) is 33.9 Å². The number of aromatic nitrogens is 4. The van der Waals surface area contributed by atoms with E-state index in [1.165, 1.54) is 0 Å². The van der Waals surface area contributed by atoms with Crippen LogP contribution in [0.2, 0.25) is 0 Å². The highest BCUT2D eigenvalue weighted by Crippen LogP contribution is 2.24. The second-order valence-corrected chi connectivity index (χ2v) is 4.75. The first-order chi connectivity index (χ1) is 9.01. The Balaban J connectivity index is 2.32. The van der Waals surface area contributed by atoms with E-state index < -0.39 is 0 Å². The van der Waals surface area contributed by atoms with Crippen LogP contribution in [0.25, 0.3) is 0 Å². The molecule has 0 aromatic carbocycles. The molecule has 19 heavy (non-hydrogen) atoms. The molecule has 0 unspecified atom stereocenters. The highest BCUT2D eigenvalue weighted by atomic mass is 16.5. The molecule has 6 nitrogen and oxygen atoms in total. The molecule has 2 rings (SSSR count). The van der Waals surface area contributed by atoms with Gasteiger partial charge < -0.3 is 10.5 Å². The first-order valence-corrected chi connectivity index (χ1v) is 6.25. The van der Waals surface area contributed by atoms with E-state index in [9.17, 15) is 0 Å². The largest absolute Gasteiger partial charge is 0.436 e. The minimum Gasteiger partial charge on any atom is -0.436 e. The standard InChI is InChI=1S/C13H19N5O/c1-8(2)13-15-7-11(10(6-14)16-13)19-12-5-9(3)17-18(12)4/h5,7-8H,6,14H2,1-4H3. The minimum absolute atomic E-state index is 0.262.